The van der Waals surface area contributed by atoms with E-state index in [1.807, 2.05) is 0 Å². The van der Waals surface area contributed by atoms with Gasteiger partial charge in [-0.1, -0.05) is 18.2 Å². The van der Waals surface area contributed by atoms with E-state index in [1.54, 1.807) is 36.4 Å². The van der Waals surface area contributed by atoms with Gasteiger partial charge in [0.2, 0.25) is 0 Å². The number of benzene rings is 2. The lowest BCUT2D eigenvalue weighted by atomic mass is 10.1. The van der Waals surface area contributed by atoms with Gasteiger partial charge in [0.15, 0.2) is 11.7 Å². The fourth-order valence-corrected chi connectivity index (χ4v) is 2.37. The van der Waals surface area contributed by atoms with Crippen molar-refractivity contribution in [1.82, 2.24) is 4.98 Å². The third kappa shape index (κ3) is 4.33. The van der Waals surface area contributed by atoms with E-state index in [9.17, 15) is 9.18 Å². The van der Waals surface area contributed by atoms with Crippen LogP contribution in [0.4, 0.5) is 4.39 Å². The molecule has 0 amide bonds. The predicted octanol–water partition coefficient (Wildman–Crippen LogP) is 4.03. The number of carbonyl (C=O) groups is 1. The zero-order chi connectivity index (χ0) is 18.4. The zero-order valence-corrected chi connectivity index (χ0v) is 13.8. The molecule has 0 radical (unpaired) electrons. The van der Waals surface area contributed by atoms with E-state index in [0.717, 1.165) is 0 Å². The standard InChI is InChI=1S/C20H15FN2O3/c21-17-7-5-14(6-8-17)18-12-23-19(26-18)9-10-20(24)25-13-16-4-2-1-3-15(16)11-22/h1-8,12H,9-10,13H2. The summed E-state index contributed by atoms with van der Waals surface area (Å²) in [5.41, 5.74) is 1.86. The third-order valence-electron chi connectivity index (χ3n) is 3.75. The van der Waals surface area contributed by atoms with Crippen molar-refractivity contribution in [1.29, 1.82) is 5.26 Å². The van der Waals surface area contributed by atoms with Gasteiger partial charge in [0.1, 0.15) is 12.4 Å². The quantitative estimate of drug-likeness (QED) is 0.627. The third-order valence-corrected chi connectivity index (χ3v) is 3.75. The maximum absolute atomic E-state index is 12.9. The summed E-state index contributed by atoms with van der Waals surface area (Å²) in [5.74, 6) is 0.184. The number of nitriles is 1. The molecule has 1 aromatic heterocycles. The second-order valence-electron chi connectivity index (χ2n) is 5.55. The summed E-state index contributed by atoms with van der Waals surface area (Å²) in [6.07, 6.45) is 1.94. The Kier molecular flexibility index (Phi) is 5.40. The molecule has 3 aromatic rings. The van der Waals surface area contributed by atoms with Crippen LogP contribution < -0.4 is 0 Å². The van der Waals surface area contributed by atoms with E-state index in [-0.39, 0.29) is 18.8 Å². The van der Waals surface area contributed by atoms with Crippen LogP contribution in [0.25, 0.3) is 11.3 Å². The number of oxazole rings is 1. The van der Waals surface area contributed by atoms with Crippen molar-refractivity contribution in [2.45, 2.75) is 19.4 Å². The van der Waals surface area contributed by atoms with Crippen molar-refractivity contribution in [2.75, 3.05) is 0 Å². The largest absolute Gasteiger partial charge is 0.461 e. The minimum atomic E-state index is -0.403. The normalized spacial score (nSPS) is 10.3. The molecule has 0 bridgehead atoms. The summed E-state index contributed by atoms with van der Waals surface area (Å²) in [6, 6.07) is 14.9. The van der Waals surface area contributed by atoms with Gasteiger partial charge in [-0.2, -0.15) is 5.26 Å². The van der Waals surface area contributed by atoms with Crippen molar-refractivity contribution in [3.05, 3.63) is 77.6 Å². The van der Waals surface area contributed by atoms with Crippen molar-refractivity contribution >= 4 is 5.97 Å². The van der Waals surface area contributed by atoms with Crippen molar-refractivity contribution in [3.63, 3.8) is 0 Å². The molecule has 0 unspecified atom stereocenters. The first-order valence-electron chi connectivity index (χ1n) is 8.00. The molecule has 0 aliphatic heterocycles. The van der Waals surface area contributed by atoms with E-state index in [4.69, 9.17) is 14.4 Å². The molecule has 6 heteroatoms. The molecule has 0 saturated heterocycles. The Hall–Kier alpha value is -3.46. The fraction of sp³-hybridized carbons (Fsp3) is 0.150. The van der Waals surface area contributed by atoms with Crippen LogP contribution in [0.15, 0.2) is 59.1 Å². The Balaban J connectivity index is 1.52. The molecule has 0 saturated carbocycles. The smallest absolute Gasteiger partial charge is 0.306 e. The molecule has 0 fully saturated rings. The summed E-state index contributed by atoms with van der Waals surface area (Å²) >= 11 is 0. The molecule has 5 nitrogen and oxygen atoms in total. The molecule has 0 aliphatic rings. The van der Waals surface area contributed by atoms with E-state index < -0.39 is 5.97 Å². The number of halogens is 1. The highest BCUT2D eigenvalue weighted by Gasteiger charge is 2.11. The second-order valence-corrected chi connectivity index (χ2v) is 5.55. The van der Waals surface area contributed by atoms with E-state index in [2.05, 4.69) is 11.1 Å². The number of aryl methyl sites for hydroxylation is 1. The summed E-state index contributed by atoms with van der Waals surface area (Å²) < 4.78 is 23.7. The van der Waals surface area contributed by atoms with Gasteiger partial charge >= 0.3 is 5.97 Å². The molecule has 130 valence electrons. The van der Waals surface area contributed by atoms with Crippen molar-refractivity contribution < 1.29 is 18.3 Å². The van der Waals surface area contributed by atoms with Gasteiger partial charge in [0.05, 0.1) is 24.3 Å². The van der Waals surface area contributed by atoms with Crippen molar-refractivity contribution in [3.8, 4) is 17.4 Å². The van der Waals surface area contributed by atoms with Crippen LogP contribution in [0, 0.1) is 17.1 Å². The van der Waals surface area contributed by atoms with Gasteiger partial charge in [-0.15, -0.1) is 0 Å². The predicted molar refractivity (Wildman–Crippen MR) is 91.2 cm³/mol. The Bertz CT molecular complexity index is 942. The molecule has 0 atom stereocenters. The maximum atomic E-state index is 12.9. The molecule has 26 heavy (non-hydrogen) atoms. The molecule has 2 aromatic carbocycles. The number of hydrogen-bond acceptors (Lipinski definition) is 5. The van der Waals surface area contributed by atoms with Crippen LogP contribution in [-0.2, 0) is 22.6 Å². The Morgan fingerprint density at radius 1 is 1.19 bits per heavy atom. The Labute approximate surface area is 149 Å². The van der Waals surface area contributed by atoms with Crippen LogP contribution in [0.5, 0.6) is 0 Å². The van der Waals surface area contributed by atoms with E-state index in [0.29, 0.717) is 34.8 Å². The SMILES string of the molecule is N#Cc1ccccc1COC(=O)CCc1ncc(-c2ccc(F)cc2)o1. The number of aromatic nitrogens is 1. The number of nitrogens with zero attached hydrogens (tertiary/aromatic N) is 2. The minimum Gasteiger partial charge on any atom is -0.461 e. The lowest BCUT2D eigenvalue weighted by Crippen LogP contribution is -2.06. The highest BCUT2D eigenvalue weighted by molar-refractivity contribution is 5.69. The van der Waals surface area contributed by atoms with Crippen LogP contribution in [0.1, 0.15) is 23.4 Å². The minimum absolute atomic E-state index is 0.0506. The Morgan fingerprint density at radius 3 is 2.73 bits per heavy atom. The first-order valence-corrected chi connectivity index (χ1v) is 8.00. The molecule has 1 heterocycles. The highest BCUT2D eigenvalue weighted by atomic mass is 19.1. The van der Waals surface area contributed by atoms with Crippen LogP contribution in [0.2, 0.25) is 0 Å². The maximum Gasteiger partial charge on any atom is 0.306 e. The monoisotopic (exact) mass is 350 g/mol. The number of carbonyl (C=O) groups excluding carboxylic acids is 1. The summed E-state index contributed by atoms with van der Waals surface area (Å²) in [6.45, 7) is 0.0506. The molecular weight excluding hydrogens is 335 g/mol. The lowest BCUT2D eigenvalue weighted by molar-refractivity contribution is -0.145. The average molecular weight is 350 g/mol. The van der Waals surface area contributed by atoms with Gasteiger partial charge in [-0.3, -0.25) is 4.79 Å². The fourth-order valence-electron chi connectivity index (χ4n) is 2.37. The van der Waals surface area contributed by atoms with Crippen LogP contribution >= 0.6 is 0 Å². The first kappa shape index (κ1) is 17.4. The zero-order valence-electron chi connectivity index (χ0n) is 13.8. The topological polar surface area (TPSA) is 76.1 Å². The van der Waals surface area contributed by atoms with Crippen LogP contribution in [0.3, 0.4) is 0 Å². The summed E-state index contributed by atoms with van der Waals surface area (Å²) in [7, 11) is 0. The van der Waals surface area contributed by atoms with Gasteiger partial charge in [-0.25, -0.2) is 9.37 Å². The number of hydrogen-bond donors (Lipinski definition) is 0. The first-order chi connectivity index (χ1) is 12.7. The van der Waals surface area contributed by atoms with Gasteiger partial charge < -0.3 is 9.15 Å². The summed E-state index contributed by atoms with van der Waals surface area (Å²) in [4.78, 5) is 16.0. The van der Waals surface area contributed by atoms with Crippen LogP contribution in [-0.4, -0.2) is 11.0 Å². The number of esters is 1. The molecule has 3 rings (SSSR count). The van der Waals surface area contributed by atoms with Gasteiger partial charge in [0, 0.05) is 17.5 Å². The van der Waals surface area contributed by atoms with Gasteiger partial charge in [0.25, 0.3) is 0 Å². The van der Waals surface area contributed by atoms with Gasteiger partial charge in [-0.05, 0) is 30.3 Å². The highest BCUT2D eigenvalue weighted by Crippen LogP contribution is 2.21. The second kappa shape index (κ2) is 8.08. The number of rotatable bonds is 6. The molecule has 0 aliphatic carbocycles. The van der Waals surface area contributed by atoms with E-state index in [1.165, 1.54) is 18.3 Å². The average Bonchev–Trinajstić information content (AvgIpc) is 3.14. The molecular formula is C20H15FN2O3. The number of ether oxygens (including phenoxy) is 1. The molecule has 0 spiro atoms. The summed E-state index contributed by atoms with van der Waals surface area (Å²) in [5, 5.41) is 9.02. The van der Waals surface area contributed by atoms with Crippen molar-refractivity contribution in [2.24, 2.45) is 0 Å². The molecule has 0 N–H and O–H groups in total. The lowest BCUT2D eigenvalue weighted by Gasteiger charge is -2.05. The van der Waals surface area contributed by atoms with E-state index >= 15 is 0 Å². The Morgan fingerprint density at radius 2 is 1.96 bits per heavy atom.